The van der Waals surface area contributed by atoms with Gasteiger partial charge in [-0.3, -0.25) is 4.79 Å². The molecule has 1 aromatic rings. The van der Waals surface area contributed by atoms with Crippen molar-refractivity contribution < 1.29 is 4.79 Å². The predicted molar refractivity (Wildman–Crippen MR) is 65.1 cm³/mol. The Bertz CT molecular complexity index is 526. The fourth-order valence-electron chi connectivity index (χ4n) is 1.36. The molecule has 0 unspecified atom stereocenters. The van der Waals surface area contributed by atoms with Gasteiger partial charge in [-0.25, -0.2) is 0 Å². The second-order valence-corrected chi connectivity index (χ2v) is 3.45. The Morgan fingerprint density at radius 2 is 2.00 bits per heavy atom. The van der Waals surface area contributed by atoms with Crippen LogP contribution in [0.2, 0.25) is 0 Å². The van der Waals surface area contributed by atoms with Crippen LogP contribution in [0.5, 0.6) is 0 Å². The summed E-state index contributed by atoms with van der Waals surface area (Å²) in [5.41, 5.74) is 10.7. The molecule has 2 rings (SSSR count). The van der Waals surface area contributed by atoms with Gasteiger partial charge in [0.1, 0.15) is 0 Å². The lowest BCUT2D eigenvalue weighted by atomic mass is 10.1. The molecule has 0 amide bonds. The molecule has 0 fully saturated rings. The van der Waals surface area contributed by atoms with Gasteiger partial charge in [0.05, 0.1) is 0 Å². The minimum absolute atomic E-state index is 0.0328. The van der Waals surface area contributed by atoms with Crippen LogP contribution >= 0.6 is 0 Å². The van der Waals surface area contributed by atoms with Crippen LogP contribution in [0.4, 0.5) is 5.69 Å². The lowest BCUT2D eigenvalue weighted by Gasteiger charge is -1.96. The molecule has 16 heavy (non-hydrogen) atoms. The number of allylic oxidation sites excluding steroid dienone is 5. The first-order valence-electron chi connectivity index (χ1n) is 4.97. The van der Waals surface area contributed by atoms with E-state index in [-0.39, 0.29) is 5.78 Å². The Morgan fingerprint density at radius 1 is 1.25 bits per heavy atom. The third-order valence-corrected chi connectivity index (χ3v) is 2.23. The van der Waals surface area contributed by atoms with Gasteiger partial charge in [-0.15, -0.1) is 5.73 Å². The second-order valence-electron chi connectivity index (χ2n) is 3.45. The smallest absolute Gasteiger partial charge is 0.185 e. The number of rotatable bonds is 3. The highest BCUT2D eigenvalue weighted by Crippen LogP contribution is 2.08. The number of benzene rings is 1. The van der Waals surface area contributed by atoms with Crippen molar-refractivity contribution in [2.45, 2.75) is 0 Å². The monoisotopic (exact) mass is 209 g/mol. The summed E-state index contributed by atoms with van der Waals surface area (Å²) < 4.78 is 0. The van der Waals surface area contributed by atoms with Crippen molar-refractivity contribution in [3.63, 3.8) is 0 Å². The van der Waals surface area contributed by atoms with Crippen LogP contribution in [0.15, 0.2) is 65.9 Å². The first-order chi connectivity index (χ1) is 7.75. The number of carbonyl (C=O) groups is 1. The van der Waals surface area contributed by atoms with Gasteiger partial charge < -0.3 is 5.73 Å². The summed E-state index contributed by atoms with van der Waals surface area (Å²) in [6, 6.07) is 6.87. The molecule has 2 nitrogen and oxygen atoms in total. The summed E-state index contributed by atoms with van der Waals surface area (Å²) in [5, 5.41) is 0. The summed E-state index contributed by atoms with van der Waals surface area (Å²) >= 11 is 0. The molecule has 0 spiro atoms. The number of hydrogen-bond donors (Lipinski definition) is 1. The van der Waals surface area contributed by atoms with Crippen molar-refractivity contribution in [2.24, 2.45) is 0 Å². The van der Waals surface area contributed by atoms with Crippen LogP contribution in [0.3, 0.4) is 0 Å². The van der Waals surface area contributed by atoms with Crippen molar-refractivity contribution in [1.82, 2.24) is 0 Å². The molecule has 1 aliphatic carbocycles. The second kappa shape index (κ2) is 4.47. The number of nitrogens with two attached hydrogens (primary N) is 1. The largest absolute Gasteiger partial charge is 0.399 e. The summed E-state index contributed by atoms with van der Waals surface area (Å²) in [6.45, 7) is 0. The lowest BCUT2D eigenvalue weighted by Crippen LogP contribution is -1.94. The normalized spacial score (nSPS) is 13.4. The number of hydrogen-bond acceptors (Lipinski definition) is 2. The summed E-state index contributed by atoms with van der Waals surface area (Å²) in [4.78, 5) is 11.7. The Morgan fingerprint density at radius 3 is 2.62 bits per heavy atom. The van der Waals surface area contributed by atoms with E-state index in [1.54, 1.807) is 30.3 Å². The summed E-state index contributed by atoms with van der Waals surface area (Å²) in [6.07, 6.45) is 8.88. The molecule has 78 valence electrons. The van der Waals surface area contributed by atoms with Gasteiger partial charge in [-0.05, 0) is 48.6 Å². The van der Waals surface area contributed by atoms with Crippen LogP contribution in [0, 0.1) is 0 Å². The molecule has 0 saturated carbocycles. The minimum Gasteiger partial charge on any atom is -0.399 e. The number of nitrogen functional groups attached to an aromatic ring is 1. The third-order valence-electron chi connectivity index (χ3n) is 2.23. The van der Waals surface area contributed by atoms with Crippen molar-refractivity contribution in [1.29, 1.82) is 0 Å². The maximum atomic E-state index is 11.7. The Hall–Kier alpha value is -2.31. The Balaban J connectivity index is 2.11. The molecule has 0 radical (unpaired) electrons. The first-order valence-corrected chi connectivity index (χ1v) is 4.97. The van der Waals surface area contributed by atoms with Gasteiger partial charge in [0.25, 0.3) is 0 Å². The van der Waals surface area contributed by atoms with Crippen molar-refractivity contribution in [3.05, 3.63) is 71.5 Å². The van der Waals surface area contributed by atoms with Crippen molar-refractivity contribution in [3.8, 4) is 0 Å². The van der Waals surface area contributed by atoms with E-state index in [1.807, 2.05) is 18.2 Å². The summed E-state index contributed by atoms with van der Waals surface area (Å²) in [5.74, 6) is -0.0328. The average molecular weight is 209 g/mol. The number of ketones is 1. The molecule has 2 N–H and O–H groups in total. The van der Waals surface area contributed by atoms with E-state index in [4.69, 9.17) is 5.73 Å². The number of carbonyl (C=O) groups excluding carboxylic acids is 1. The van der Waals surface area contributed by atoms with Gasteiger partial charge in [0.2, 0.25) is 0 Å². The van der Waals surface area contributed by atoms with E-state index in [9.17, 15) is 4.79 Å². The molecule has 2 heteroatoms. The van der Waals surface area contributed by atoms with E-state index < -0.39 is 0 Å². The molecule has 0 aromatic heterocycles. The average Bonchev–Trinajstić information content (AvgIpc) is 2.80. The Kier molecular flexibility index (Phi) is 2.86. The van der Waals surface area contributed by atoms with E-state index in [0.717, 1.165) is 5.57 Å². The van der Waals surface area contributed by atoms with Crippen LogP contribution in [-0.2, 0) is 0 Å². The molecule has 0 aliphatic heterocycles. The molecule has 0 saturated heterocycles. The minimum atomic E-state index is -0.0328. The first kappa shape index (κ1) is 10.2. The third kappa shape index (κ3) is 2.38. The zero-order valence-corrected chi connectivity index (χ0v) is 8.68. The molecule has 1 aliphatic rings. The maximum absolute atomic E-state index is 11.7. The number of anilines is 1. The lowest BCUT2D eigenvalue weighted by molar-refractivity contribution is 0.104. The fraction of sp³-hybridized carbons (Fsp3) is 0. The van der Waals surface area contributed by atoms with Gasteiger partial charge >= 0.3 is 0 Å². The highest BCUT2D eigenvalue weighted by molar-refractivity contribution is 6.04. The zero-order valence-electron chi connectivity index (χ0n) is 8.68. The predicted octanol–water partition coefficient (Wildman–Crippen LogP) is 2.66. The van der Waals surface area contributed by atoms with Gasteiger partial charge in [-0.2, -0.15) is 0 Å². The SMILES string of the molecule is Nc1ccc(C(=O)/C=C/C2=C=CC=C2)cc1. The van der Waals surface area contributed by atoms with Crippen LogP contribution < -0.4 is 5.73 Å². The standard InChI is InChI=1S/C14H11NO/c15-13-8-6-12(7-9-13)14(16)10-5-11-3-1-2-4-11/h1-3,5-10H,15H2/b10-5+. The van der Waals surface area contributed by atoms with Crippen molar-refractivity contribution in [2.75, 3.05) is 5.73 Å². The molecular weight excluding hydrogens is 198 g/mol. The van der Waals surface area contributed by atoms with Gasteiger partial charge in [0, 0.05) is 16.8 Å². The van der Waals surface area contributed by atoms with Gasteiger partial charge in [0.15, 0.2) is 5.78 Å². The fourth-order valence-corrected chi connectivity index (χ4v) is 1.36. The molecular formula is C14H11NO. The van der Waals surface area contributed by atoms with E-state index in [0.29, 0.717) is 11.3 Å². The van der Waals surface area contributed by atoms with Crippen LogP contribution in [0.25, 0.3) is 0 Å². The molecule has 1 aromatic carbocycles. The maximum Gasteiger partial charge on any atom is 0.185 e. The Labute approximate surface area is 94.1 Å². The molecule has 0 bridgehead atoms. The molecule has 0 atom stereocenters. The van der Waals surface area contributed by atoms with Gasteiger partial charge in [-0.1, -0.05) is 6.08 Å². The zero-order chi connectivity index (χ0) is 11.4. The van der Waals surface area contributed by atoms with Crippen LogP contribution in [-0.4, -0.2) is 5.78 Å². The topological polar surface area (TPSA) is 43.1 Å². The van der Waals surface area contributed by atoms with Crippen LogP contribution in [0.1, 0.15) is 10.4 Å². The quantitative estimate of drug-likeness (QED) is 0.360. The highest BCUT2D eigenvalue weighted by Gasteiger charge is 2.00. The van der Waals surface area contributed by atoms with E-state index in [2.05, 4.69) is 5.73 Å². The summed E-state index contributed by atoms with van der Waals surface area (Å²) in [7, 11) is 0. The van der Waals surface area contributed by atoms with E-state index >= 15 is 0 Å². The van der Waals surface area contributed by atoms with Crippen molar-refractivity contribution >= 4 is 11.5 Å². The highest BCUT2D eigenvalue weighted by atomic mass is 16.1. The molecule has 0 heterocycles. The van der Waals surface area contributed by atoms with E-state index in [1.165, 1.54) is 6.08 Å².